The summed E-state index contributed by atoms with van der Waals surface area (Å²) in [5.41, 5.74) is 1.52. The Kier molecular flexibility index (Phi) is 5.03. The minimum atomic E-state index is -0.385. The molecule has 0 radical (unpaired) electrons. The molecule has 0 aliphatic carbocycles. The lowest BCUT2D eigenvalue weighted by Gasteiger charge is -2.32. The fraction of sp³-hybridized carbons (Fsp3) is 0.316. The summed E-state index contributed by atoms with van der Waals surface area (Å²) in [5.74, 6) is -0.512. The Morgan fingerprint density at radius 2 is 2.00 bits per heavy atom. The summed E-state index contributed by atoms with van der Waals surface area (Å²) in [5, 5.41) is 0. The van der Waals surface area contributed by atoms with Crippen molar-refractivity contribution in [2.75, 3.05) is 13.1 Å². The van der Waals surface area contributed by atoms with Crippen molar-refractivity contribution in [2.45, 2.75) is 25.6 Å². The van der Waals surface area contributed by atoms with Gasteiger partial charge in [0.1, 0.15) is 5.82 Å². The van der Waals surface area contributed by atoms with E-state index in [4.69, 9.17) is 4.74 Å². The molecule has 0 bridgehead atoms. The van der Waals surface area contributed by atoms with E-state index < -0.39 is 0 Å². The normalized spacial score (nSPS) is 18.0. The molecule has 120 valence electrons. The lowest BCUT2D eigenvalue weighted by atomic mass is 10.1. The molecule has 1 heterocycles. The molecular formula is C19H20FNO2. The van der Waals surface area contributed by atoms with Gasteiger partial charge in [-0.05, 0) is 36.6 Å². The van der Waals surface area contributed by atoms with Gasteiger partial charge in [0, 0.05) is 18.7 Å². The Bertz CT molecular complexity index is 659. The van der Waals surface area contributed by atoms with Gasteiger partial charge in [0.15, 0.2) is 0 Å². The van der Waals surface area contributed by atoms with Crippen LogP contribution in [0.2, 0.25) is 0 Å². The van der Waals surface area contributed by atoms with Crippen LogP contribution in [0.5, 0.6) is 0 Å². The molecular weight excluding hydrogens is 293 g/mol. The van der Waals surface area contributed by atoms with Crippen LogP contribution in [0.3, 0.4) is 0 Å². The Morgan fingerprint density at radius 3 is 2.78 bits per heavy atom. The first-order valence-corrected chi connectivity index (χ1v) is 7.93. The maximum atomic E-state index is 13.3. The highest BCUT2D eigenvalue weighted by Crippen LogP contribution is 2.18. The standard InChI is InChI=1S/C19H20FNO2/c20-17-9-4-8-16(12-17)19(22)21-11-5-10-18(13-21)23-14-15-6-2-1-3-7-15/h1-4,6-9,12,18H,5,10-11,13-14H2/t18-/m1/s1. The van der Waals surface area contributed by atoms with E-state index in [0.29, 0.717) is 25.3 Å². The smallest absolute Gasteiger partial charge is 0.254 e. The molecule has 0 spiro atoms. The lowest BCUT2D eigenvalue weighted by Crippen LogP contribution is -2.43. The fourth-order valence-corrected chi connectivity index (χ4v) is 2.85. The largest absolute Gasteiger partial charge is 0.372 e. The van der Waals surface area contributed by atoms with Gasteiger partial charge in [-0.3, -0.25) is 4.79 Å². The molecule has 0 N–H and O–H groups in total. The van der Waals surface area contributed by atoms with E-state index in [1.807, 2.05) is 30.3 Å². The van der Waals surface area contributed by atoms with Gasteiger partial charge in [0.25, 0.3) is 5.91 Å². The SMILES string of the molecule is O=C(c1cccc(F)c1)N1CCC[C@@H](OCc2ccccc2)C1. The molecule has 4 heteroatoms. The number of hydrogen-bond donors (Lipinski definition) is 0. The molecule has 1 atom stereocenters. The van der Waals surface area contributed by atoms with Crippen LogP contribution in [0.15, 0.2) is 54.6 Å². The molecule has 1 aliphatic rings. The molecule has 1 saturated heterocycles. The van der Waals surface area contributed by atoms with Crippen LogP contribution >= 0.6 is 0 Å². The van der Waals surface area contributed by atoms with Crippen LogP contribution < -0.4 is 0 Å². The van der Waals surface area contributed by atoms with E-state index in [1.54, 1.807) is 17.0 Å². The molecule has 23 heavy (non-hydrogen) atoms. The van der Waals surface area contributed by atoms with E-state index in [-0.39, 0.29) is 17.8 Å². The highest BCUT2D eigenvalue weighted by Gasteiger charge is 2.25. The molecule has 1 amide bonds. The van der Waals surface area contributed by atoms with Gasteiger partial charge in [-0.15, -0.1) is 0 Å². The van der Waals surface area contributed by atoms with Crippen molar-refractivity contribution in [1.29, 1.82) is 0 Å². The number of hydrogen-bond acceptors (Lipinski definition) is 2. The minimum Gasteiger partial charge on any atom is -0.372 e. The van der Waals surface area contributed by atoms with E-state index in [0.717, 1.165) is 18.4 Å². The summed E-state index contributed by atoms with van der Waals surface area (Å²) < 4.78 is 19.2. The maximum absolute atomic E-state index is 13.3. The number of carbonyl (C=O) groups excluding carboxylic acids is 1. The second kappa shape index (κ2) is 7.38. The van der Waals surface area contributed by atoms with Gasteiger partial charge in [0.2, 0.25) is 0 Å². The van der Waals surface area contributed by atoms with Crippen LogP contribution in [0.25, 0.3) is 0 Å². The Morgan fingerprint density at radius 1 is 1.17 bits per heavy atom. The number of likely N-dealkylation sites (tertiary alicyclic amines) is 1. The van der Waals surface area contributed by atoms with Gasteiger partial charge < -0.3 is 9.64 Å². The highest BCUT2D eigenvalue weighted by atomic mass is 19.1. The number of rotatable bonds is 4. The zero-order chi connectivity index (χ0) is 16.1. The van der Waals surface area contributed by atoms with Crippen LogP contribution in [0.4, 0.5) is 4.39 Å². The first-order valence-electron chi connectivity index (χ1n) is 7.93. The molecule has 3 rings (SSSR count). The molecule has 1 fully saturated rings. The summed E-state index contributed by atoms with van der Waals surface area (Å²) in [4.78, 5) is 14.2. The van der Waals surface area contributed by atoms with Gasteiger partial charge >= 0.3 is 0 Å². The number of piperidine rings is 1. The average Bonchev–Trinajstić information content (AvgIpc) is 2.60. The zero-order valence-corrected chi connectivity index (χ0v) is 13.0. The molecule has 0 aromatic heterocycles. The molecule has 3 nitrogen and oxygen atoms in total. The lowest BCUT2D eigenvalue weighted by molar-refractivity contribution is -0.00673. The highest BCUT2D eigenvalue weighted by molar-refractivity contribution is 5.94. The number of ether oxygens (including phenoxy) is 1. The van der Waals surface area contributed by atoms with Crippen molar-refractivity contribution in [3.8, 4) is 0 Å². The fourth-order valence-electron chi connectivity index (χ4n) is 2.85. The van der Waals surface area contributed by atoms with Crippen molar-refractivity contribution in [3.05, 3.63) is 71.5 Å². The van der Waals surface area contributed by atoms with Crippen molar-refractivity contribution in [1.82, 2.24) is 4.90 Å². The summed E-state index contributed by atoms with van der Waals surface area (Å²) in [6.45, 7) is 1.80. The number of nitrogens with zero attached hydrogens (tertiary/aromatic N) is 1. The van der Waals surface area contributed by atoms with Gasteiger partial charge in [-0.1, -0.05) is 36.4 Å². The number of benzene rings is 2. The van der Waals surface area contributed by atoms with E-state index >= 15 is 0 Å². The van der Waals surface area contributed by atoms with Crippen LogP contribution in [-0.2, 0) is 11.3 Å². The third-order valence-electron chi connectivity index (χ3n) is 4.07. The predicted molar refractivity (Wildman–Crippen MR) is 86.6 cm³/mol. The van der Waals surface area contributed by atoms with E-state index in [1.165, 1.54) is 12.1 Å². The molecule has 0 unspecified atom stereocenters. The Hall–Kier alpha value is -2.20. The molecule has 2 aromatic carbocycles. The maximum Gasteiger partial charge on any atom is 0.254 e. The van der Waals surface area contributed by atoms with Crippen molar-refractivity contribution in [3.63, 3.8) is 0 Å². The summed E-state index contributed by atoms with van der Waals surface area (Å²) in [6, 6.07) is 15.9. The van der Waals surface area contributed by atoms with E-state index in [2.05, 4.69) is 0 Å². The second-order valence-electron chi connectivity index (χ2n) is 5.82. The van der Waals surface area contributed by atoms with Crippen LogP contribution in [-0.4, -0.2) is 30.0 Å². The minimum absolute atomic E-state index is 0.0291. The molecule has 2 aromatic rings. The third-order valence-corrected chi connectivity index (χ3v) is 4.07. The van der Waals surface area contributed by atoms with Crippen molar-refractivity contribution in [2.24, 2.45) is 0 Å². The predicted octanol–water partition coefficient (Wildman–Crippen LogP) is 3.65. The van der Waals surface area contributed by atoms with Gasteiger partial charge in [-0.25, -0.2) is 4.39 Å². The quantitative estimate of drug-likeness (QED) is 0.862. The summed E-state index contributed by atoms with van der Waals surface area (Å²) in [6.07, 6.45) is 1.88. The summed E-state index contributed by atoms with van der Waals surface area (Å²) in [7, 11) is 0. The monoisotopic (exact) mass is 313 g/mol. The van der Waals surface area contributed by atoms with Crippen LogP contribution in [0.1, 0.15) is 28.8 Å². The number of halogens is 1. The first kappa shape index (κ1) is 15.7. The number of carbonyl (C=O) groups is 1. The zero-order valence-electron chi connectivity index (χ0n) is 13.0. The third kappa shape index (κ3) is 4.17. The van der Waals surface area contributed by atoms with Gasteiger partial charge in [0.05, 0.1) is 12.7 Å². The number of amides is 1. The molecule has 0 saturated carbocycles. The van der Waals surface area contributed by atoms with Crippen molar-refractivity contribution < 1.29 is 13.9 Å². The van der Waals surface area contributed by atoms with E-state index in [9.17, 15) is 9.18 Å². The summed E-state index contributed by atoms with van der Waals surface area (Å²) >= 11 is 0. The second-order valence-corrected chi connectivity index (χ2v) is 5.82. The van der Waals surface area contributed by atoms with Crippen LogP contribution in [0, 0.1) is 5.82 Å². The Labute approximate surface area is 135 Å². The Balaban J connectivity index is 1.58. The topological polar surface area (TPSA) is 29.5 Å². The van der Waals surface area contributed by atoms with Crippen molar-refractivity contribution >= 4 is 5.91 Å². The first-order chi connectivity index (χ1) is 11.2. The van der Waals surface area contributed by atoms with Gasteiger partial charge in [-0.2, -0.15) is 0 Å². The molecule has 1 aliphatic heterocycles. The average molecular weight is 313 g/mol.